The van der Waals surface area contributed by atoms with Crippen LogP contribution < -0.4 is 0 Å². The van der Waals surface area contributed by atoms with E-state index in [0.717, 1.165) is 4.47 Å². The van der Waals surface area contributed by atoms with Gasteiger partial charge in [-0.25, -0.2) is 0 Å². The van der Waals surface area contributed by atoms with Crippen LogP contribution in [0.3, 0.4) is 0 Å². The molecule has 0 aromatic heterocycles. The molecule has 0 aliphatic heterocycles. The second-order valence-electron chi connectivity index (χ2n) is 2.29. The Bertz CT molecular complexity index is 104. The number of carbonyl (C=O) groups excluding carboxylic acids is 1. The zero-order valence-electron chi connectivity index (χ0n) is 7.26. The topological polar surface area (TPSA) is 26.3 Å². The summed E-state index contributed by atoms with van der Waals surface area (Å²) >= 11 is 0.118. The first-order valence-electron chi connectivity index (χ1n) is 3.95. The van der Waals surface area contributed by atoms with Crippen LogP contribution >= 0.6 is 0 Å². The maximum atomic E-state index is 10.6. The van der Waals surface area contributed by atoms with E-state index in [1.165, 1.54) is 24.4 Å². The van der Waals surface area contributed by atoms with Gasteiger partial charge in [-0.3, -0.25) is 0 Å². The summed E-state index contributed by atoms with van der Waals surface area (Å²) < 4.78 is 7.02. The summed E-state index contributed by atoms with van der Waals surface area (Å²) in [4.78, 5) is 10.6. The Morgan fingerprint density at radius 3 is 2.73 bits per heavy atom. The van der Waals surface area contributed by atoms with Gasteiger partial charge in [0.05, 0.1) is 0 Å². The van der Waals surface area contributed by atoms with E-state index in [4.69, 9.17) is 0 Å². The summed E-state index contributed by atoms with van der Waals surface area (Å²) in [6, 6.07) is 0. The van der Waals surface area contributed by atoms with E-state index in [-0.39, 0.29) is 26.9 Å². The van der Waals surface area contributed by atoms with E-state index in [1.54, 1.807) is 0 Å². The molecule has 0 amide bonds. The number of methoxy groups -OCH3 is 1. The molecule has 11 heavy (non-hydrogen) atoms. The van der Waals surface area contributed by atoms with Gasteiger partial charge in [-0.15, -0.1) is 0 Å². The normalized spacial score (nSPS) is 9.64. The van der Waals surface area contributed by atoms with Crippen LogP contribution in [0.25, 0.3) is 0 Å². The van der Waals surface area contributed by atoms with Gasteiger partial charge in [-0.05, 0) is 0 Å². The molecule has 0 unspecified atom stereocenters. The van der Waals surface area contributed by atoms with Gasteiger partial charge in [-0.1, -0.05) is 0 Å². The second kappa shape index (κ2) is 8.36. The van der Waals surface area contributed by atoms with Gasteiger partial charge in [0.15, 0.2) is 0 Å². The molecule has 0 bridgehead atoms. The van der Waals surface area contributed by atoms with E-state index in [9.17, 15) is 4.79 Å². The minimum atomic E-state index is -0.0494. The summed E-state index contributed by atoms with van der Waals surface area (Å²) in [6.07, 6.45) is 3.26. The predicted octanol–water partition coefficient (Wildman–Crippen LogP) is 1.89. The first-order chi connectivity index (χ1) is 5.31. The van der Waals surface area contributed by atoms with Crippen LogP contribution in [-0.2, 0) is 9.53 Å². The van der Waals surface area contributed by atoms with E-state index in [2.05, 4.69) is 11.7 Å². The monoisotopic (exact) mass is 274 g/mol. The van der Waals surface area contributed by atoms with Crippen molar-refractivity contribution >= 4 is 26.9 Å². The molecule has 3 heteroatoms. The summed E-state index contributed by atoms with van der Waals surface area (Å²) in [5.74, 6) is -0.0494. The summed E-state index contributed by atoms with van der Waals surface area (Å²) in [5, 5.41) is 0. The Hall–Kier alpha value is 0.260. The Labute approximate surface area is 78.8 Å². The molecule has 0 radical (unpaired) electrons. The first kappa shape index (κ1) is 11.3. The van der Waals surface area contributed by atoms with Crippen LogP contribution in [0.1, 0.15) is 26.2 Å². The fraction of sp³-hybridized carbons (Fsp3) is 0.875. The summed E-state index contributed by atoms with van der Waals surface area (Å²) in [7, 11) is 1.45. The maximum absolute atomic E-state index is 10.6. The van der Waals surface area contributed by atoms with Crippen LogP contribution in [0.5, 0.6) is 0 Å². The SMILES string of the molecule is CCCC[Te]CCC(=O)OC. The fourth-order valence-electron chi connectivity index (χ4n) is 0.606. The van der Waals surface area contributed by atoms with Gasteiger partial charge < -0.3 is 0 Å². The van der Waals surface area contributed by atoms with Gasteiger partial charge in [0, 0.05) is 0 Å². The molecular weight excluding hydrogens is 256 g/mol. The zero-order valence-corrected chi connectivity index (χ0v) is 9.59. The number of hydrogen-bond acceptors (Lipinski definition) is 2. The van der Waals surface area contributed by atoms with E-state index < -0.39 is 0 Å². The standard InChI is InChI=1S/C8H16O2Te/c1-3-4-6-11-7-5-8(9)10-2/h3-7H2,1-2H3. The van der Waals surface area contributed by atoms with E-state index in [0.29, 0.717) is 6.42 Å². The van der Waals surface area contributed by atoms with Crippen LogP contribution in [-0.4, -0.2) is 34.0 Å². The van der Waals surface area contributed by atoms with Crippen LogP contribution in [0.4, 0.5) is 0 Å². The third-order valence-corrected chi connectivity index (χ3v) is 4.37. The van der Waals surface area contributed by atoms with Gasteiger partial charge in [-0.2, -0.15) is 0 Å². The molecule has 0 aromatic carbocycles. The molecule has 0 heterocycles. The third-order valence-electron chi connectivity index (χ3n) is 1.32. The van der Waals surface area contributed by atoms with Gasteiger partial charge in [0.1, 0.15) is 0 Å². The van der Waals surface area contributed by atoms with Crippen LogP contribution in [0.15, 0.2) is 0 Å². The Morgan fingerprint density at radius 2 is 2.18 bits per heavy atom. The first-order valence-corrected chi connectivity index (χ1v) is 7.25. The van der Waals surface area contributed by atoms with E-state index in [1.807, 2.05) is 0 Å². The van der Waals surface area contributed by atoms with Crippen molar-refractivity contribution in [2.75, 3.05) is 7.11 Å². The van der Waals surface area contributed by atoms with Gasteiger partial charge in [0.2, 0.25) is 0 Å². The van der Waals surface area contributed by atoms with Crippen molar-refractivity contribution in [1.29, 1.82) is 0 Å². The molecule has 0 fully saturated rings. The molecule has 0 spiro atoms. The fourth-order valence-corrected chi connectivity index (χ4v) is 3.48. The number of esters is 1. The van der Waals surface area contributed by atoms with Crippen molar-refractivity contribution in [3.63, 3.8) is 0 Å². The van der Waals surface area contributed by atoms with Crippen molar-refractivity contribution in [3.05, 3.63) is 0 Å². The average molecular weight is 272 g/mol. The number of carbonyl (C=O) groups is 1. The summed E-state index contributed by atoms with van der Waals surface area (Å²) in [5.41, 5.74) is 0. The molecule has 0 aliphatic rings. The van der Waals surface area contributed by atoms with Gasteiger partial charge >= 0.3 is 78.7 Å². The molecule has 0 N–H and O–H groups in total. The molecule has 0 atom stereocenters. The van der Waals surface area contributed by atoms with Gasteiger partial charge in [0.25, 0.3) is 0 Å². The molecule has 0 aliphatic carbocycles. The molecule has 0 saturated heterocycles. The Kier molecular flexibility index (Phi) is 8.55. The number of hydrogen-bond donors (Lipinski definition) is 0. The quantitative estimate of drug-likeness (QED) is 0.419. The van der Waals surface area contributed by atoms with Crippen LogP contribution in [0.2, 0.25) is 8.94 Å². The molecule has 66 valence electrons. The van der Waals surface area contributed by atoms with Crippen LogP contribution in [0, 0.1) is 0 Å². The second-order valence-corrected chi connectivity index (χ2v) is 5.79. The number of rotatable bonds is 6. The zero-order chi connectivity index (χ0) is 8.53. The van der Waals surface area contributed by atoms with E-state index >= 15 is 0 Å². The molecule has 2 nitrogen and oxygen atoms in total. The third kappa shape index (κ3) is 8.16. The Morgan fingerprint density at radius 1 is 1.45 bits per heavy atom. The Balaban J connectivity index is 2.95. The average Bonchev–Trinajstić information content (AvgIpc) is 2.04. The van der Waals surface area contributed by atoms with Crippen molar-refractivity contribution < 1.29 is 9.53 Å². The van der Waals surface area contributed by atoms with Crippen molar-refractivity contribution in [2.45, 2.75) is 35.1 Å². The van der Waals surface area contributed by atoms with Crippen molar-refractivity contribution in [3.8, 4) is 0 Å². The summed E-state index contributed by atoms with van der Waals surface area (Å²) in [6.45, 7) is 2.20. The molecule has 0 aromatic rings. The minimum absolute atomic E-state index is 0.0494. The number of unbranched alkanes of at least 4 members (excludes halogenated alkanes) is 1. The van der Waals surface area contributed by atoms with Crippen molar-refractivity contribution in [1.82, 2.24) is 0 Å². The number of ether oxygens (including phenoxy) is 1. The van der Waals surface area contributed by atoms with Crippen molar-refractivity contribution in [2.24, 2.45) is 0 Å². The molecule has 0 rings (SSSR count). The predicted molar refractivity (Wildman–Crippen MR) is 46.9 cm³/mol. The molecular formula is C8H16O2Te. The molecule has 0 saturated carbocycles.